The summed E-state index contributed by atoms with van der Waals surface area (Å²) in [5.74, 6) is -0.330. The molecule has 150 valence electrons. The highest BCUT2D eigenvalue weighted by atomic mass is 16.5. The molecule has 4 rings (SSSR count). The van der Waals surface area contributed by atoms with Gasteiger partial charge in [0.2, 0.25) is 5.91 Å². The van der Waals surface area contributed by atoms with Gasteiger partial charge >= 0.3 is 5.97 Å². The fourth-order valence-corrected chi connectivity index (χ4v) is 3.91. The van der Waals surface area contributed by atoms with Crippen LogP contribution in [0.2, 0.25) is 0 Å². The number of carbonyl (C=O) groups excluding carboxylic acids is 3. The number of carbonyl (C=O) groups is 3. The molecule has 0 aliphatic carbocycles. The normalized spacial score (nSPS) is 18.3. The molecule has 6 heteroatoms. The minimum absolute atomic E-state index is 0.171. The highest BCUT2D eigenvalue weighted by molar-refractivity contribution is 5.97. The highest BCUT2D eigenvalue weighted by Crippen LogP contribution is 2.31. The van der Waals surface area contributed by atoms with Gasteiger partial charge in [-0.05, 0) is 42.2 Å². The van der Waals surface area contributed by atoms with Gasteiger partial charge in [0.05, 0.1) is 5.56 Å². The van der Waals surface area contributed by atoms with Crippen molar-refractivity contribution in [2.24, 2.45) is 0 Å². The second kappa shape index (κ2) is 8.47. The van der Waals surface area contributed by atoms with E-state index in [0.29, 0.717) is 37.1 Å². The molecule has 1 N–H and O–H groups in total. The summed E-state index contributed by atoms with van der Waals surface area (Å²) in [6, 6.07) is 14.7. The number of cyclic esters (lactones) is 1. The fraction of sp³-hybridized carbons (Fsp3) is 0.348. The predicted molar refractivity (Wildman–Crippen MR) is 108 cm³/mol. The van der Waals surface area contributed by atoms with Crippen molar-refractivity contribution >= 4 is 17.8 Å². The van der Waals surface area contributed by atoms with Crippen LogP contribution in [-0.4, -0.2) is 42.3 Å². The van der Waals surface area contributed by atoms with Crippen LogP contribution in [0, 0.1) is 0 Å². The topological polar surface area (TPSA) is 75.7 Å². The molecular weight excluding hydrogens is 368 g/mol. The number of benzene rings is 2. The zero-order valence-electron chi connectivity index (χ0n) is 16.2. The number of ether oxygens (including phenoxy) is 1. The summed E-state index contributed by atoms with van der Waals surface area (Å²) in [5.41, 5.74) is 2.81. The first-order chi connectivity index (χ1) is 14.1. The van der Waals surface area contributed by atoms with E-state index < -0.39 is 0 Å². The summed E-state index contributed by atoms with van der Waals surface area (Å²) in [4.78, 5) is 38.3. The van der Waals surface area contributed by atoms with E-state index in [9.17, 15) is 14.4 Å². The number of esters is 1. The molecule has 2 heterocycles. The van der Waals surface area contributed by atoms with Crippen molar-refractivity contribution < 1.29 is 19.1 Å². The van der Waals surface area contributed by atoms with Gasteiger partial charge in [-0.15, -0.1) is 0 Å². The highest BCUT2D eigenvalue weighted by Gasteiger charge is 2.28. The molecule has 0 aromatic heterocycles. The van der Waals surface area contributed by atoms with Crippen molar-refractivity contribution in [3.8, 4) is 0 Å². The molecule has 0 saturated carbocycles. The molecule has 1 fully saturated rings. The quantitative estimate of drug-likeness (QED) is 0.606. The van der Waals surface area contributed by atoms with E-state index >= 15 is 0 Å². The molecular formula is C23H24N2O4. The molecule has 0 unspecified atom stereocenters. The second-order valence-electron chi connectivity index (χ2n) is 7.47. The van der Waals surface area contributed by atoms with E-state index in [1.807, 2.05) is 35.2 Å². The van der Waals surface area contributed by atoms with Crippen LogP contribution < -0.4 is 5.32 Å². The molecule has 6 nitrogen and oxygen atoms in total. The Morgan fingerprint density at radius 1 is 1.14 bits per heavy atom. The summed E-state index contributed by atoms with van der Waals surface area (Å²) < 4.78 is 5.56. The van der Waals surface area contributed by atoms with Gasteiger partial charge in [-0.1, -0.05) is 30.3 Å². The van der Waals surface area contributed by atoms with Crippen molar-refractivity contribution in [1.82, 2.24) is 10.2 Å². The van der Waals surface area contributed by atoms with Gasteiger partial charge in [0.1, 0.15) is 6.10 Å². The maximum absolute atomic E-state index is 12.5. The van der Waals surface area contributed by atoms with Crippen LogP contribution in [0.25, 0.3) is 0 Å². The third-order valence-corrected chi connectivity index (χ3v) is 5.48. The van der Waals surface area contributed by atoms with E-state index in [1.54, 1.807) is 18.2 Å². The Bertz CT molecular complexity index is 926. The van der Waals surface area contributed by atoms with E-state index in [4.69, 9.17) is 4.74 Å². The summed E-state index contributed by atoms with van der Waals surface area (Å²) in [6.07, 6.45) is 2.49. The van der Waals surface area contributed by atoms with Crippen LogP contribution in [-0.2, 0) is 16.0 Å². The Labute approximate surface area is 169 Å². The van der Waals surface area contributed by atoms with Gasteiger partial charge in [0.15, 0.2) is 0 Å². The monoisotopic (exact) mass is 392 g/mol. The van der Waals surface area contributed by atoms with E-state index in [2.05, 4.69) is 5.32 Å². The molecule has 0 radical (unpaired) electrons. The predicted octanol–water partition coefficient (Wildman–Crippen LogP) is 2.88. The standard InChI is InChI=1S/C23H24N2O4/c26-21-8-4-12-25(21)13-5-11-24-22(27)17-9-10-19-18(14-17)15-20(29-23(19)28)16-6-2-1-3-7-16/h1-3,6-7,9-10,14,20H,4-5,8,11-13,15H2,(H,24,27)/t20-/m1/s1. The number of fused-ring (bicyclic) bond motifs is 1. The number of amides is 2. The molecule has 0 bridgehead atoms. The first-order valence-corrected chi connectivity index (χ1v) is 10.1. The smallest absolute Gasteiger partial charge is 0.339 e. The van der Waals surface area contributed by atoms with Crippen LogP contribution in [0.5, 0.6) is 0 Å². The van der Waals surface area contributed by atoms with Crippen LogP contribution in [0.3, 0.4) is 0 Å². The molecule has 1 saturated heterocycles. The van der Waals surface area contributed by atoms with Gasteiger partial charge in [-0.2, -0.15) is 0 Å². The lowest BCUT2D eigenvalue weighted by Gasteiger charge is -2.25. The molecule has 2 aromatic rings. The Balaban J connectivity index is 1.37. The molecule has 2 amide bonds. The van der Waals surface area contributed by atoms with Crippen molar-refractivity contribution in [2.75, 3.05) is 19.6 Å². The zero-order valence-corrected chi connectivity index (χ0v) is 16.2. The van der Waals surface area contributed by atoms with Crippen molar-refractivity contribution in [1.29, 1.82) is 0 Å². The lowest BCUT2D eigenvalue weighted by atomic mass is 9.93. The van der Waals surface area contributed by atoms with Crippen LogP contribution in [0.1, 0.15) is 57.2 Å². The van der Waals surface area contributed by atoms with Crippen LogP contribution in [0.15, 0.2) is 48.5 Å². The third-order valence-electron chi connectivity index (χ3n) is 5.48. The van der Waals surface area contributed by atoms with Crippen molar-refractivity contribution in [3.63, 3.8) is 0 Å². The molecule has 2 aliphatic rings. The number of likely N-dealkylation sites (tertiary alicyclic amines) is 1. The van der Waals surface area contributed by atoms with Crippen molar-refractivity contribution in [3.05, 3.63) is 70.8 Å². The zero-order chi connectivity index (χ0) is 20.2. The maximum atomic E-state index is 12.5. The largest absolute Gasteiger partial charge is 0.454 e. The Hall–Kier alpha value is -3.15. The van der Waals surface area contributed by atoms with Gasteiger partial charge in [0, 0.05) is 38.0 Å². The number of hydrogen-bond acceptors (Lipinski definition) is 4. The average molecular weight is 392 g/mol. The van der Waals surface area contributed by atoms with Crippen molar-refractivity contribution in [2.45, 2.75) is 31.8 Å². The maximum Gasteiger partial charge on any atom is 0.339 e. The third kappa shape index (κ3) is 4.31. The molecule has 2 aliphatic heterocycles. The van der Waals surface area contributed by atoms with Crippen LogP contribution >= 0.6 is 0 Å². The minimum Gasteiger partial charge on any atom is -0.454 e. The number of nitrogens with zero attached hydrogens (tertiary/aromatic N) is 1. The van der Waals surface area contributed by atoms with Gasteiger partial charge in [-0.3, -0.25) is 9.59 Å². The number of hydrogen-bond donors (Lipinski definition) is 1. The lowest BCUT2D eigenvalue weighted by molar-refractivity contribution is -0.127. The molecule has 1 atom stereocenters. The summed E-state index contributed by atoms with van der Waals surface area (Å²) in [7, 11) is 0. The fourth-order valence-electron chi connectivity index (χ4n) is 3.91. The van der Waals surface area contributed by atoms with E-state index in [-0.39, 0.29) is 23.9 Å². The molecule has 29 heavy (non-hydrogen) atoms. The first-order valence-electron chi connectivity index (χ1n) is 10.1. The SMILES string of the molecule is O=C(NCCCN1CCCC1=O)c1ccc2c(c1)C[C@H](c1ccccc1)OC2=O. The number of rotatable bonds is 6. The van der Waals surface area contributed by atoms with Gasteiger partial charge in [-0.25, -0.2) is 4.79 Å². The Kier molecular flexibility index (Phi) is 5.60. The second-order valence-corrected chi connectivity index (χ2v) is 7.47. The summed E-state index contributed by atoms with van der Waals surface area (Å²) in [6.45, 7) is 2.00. The van der Waals surface area contributed by atoms with Gasteiger partial charge < -0.3 is 15.0 Å². The van der Waals surface area contributed by atoms with E-state index in [0.717, 1.165) is 30.5 Å². The first kappa shape index (κ1) is 19.2. The van der Waals surface area contributed by atoms with Gasteiger partial charge in [0.25, 0.3) is 5.91 Å². The lowest BCUT2D eigenvalue weighted by Crippen LogP contribution is -2.31. The van der Waals surface area contributed by atoms with E-state index in [1.165, 1.54) is 0 Å². The summed E-state index contributed by atoms with van der Waals surface area (Å²) >= 11 is 0. The Morgan fingerprint density at radius 3 is 2.72 bits per heavy atom. The van der Waals surface area contributed by atoms with Crippen LogP contribution in [0.4, 0.5) is 0 Å². The minimum atomic E-state index is -0.359. The average Bonchev–Trinajstić information content (AvgIpc) is 3.16. The molecule has 2 aromatic carbocycles. The molecule has 0 spiro atoms. The number of nitrogens with one attached hydrogen (secondary N) is 1. The summed E-state index contributed by atoms with van der Waals surface area (Å²) in [5, 5.41) is 2.91. The Morgan fingerprint density at radius 2 is 1.97 bits per heavy atom.